The Bertz CT molecular complexity index is 810. The summed E-state index contributed by atoms with van der Waals surface area (Å²) in [5.41, 5.74) is 2.90. The predicted molar refractivity (Wildman–Crippen MR) is 105 cm³/mol. The molecule has 2 heterocycles. The van der Waals surface area contributed by atoms with E-state index in [-0.39, 0.29) is 17.2 Å². The van der Waals surface area contributed by atoms with Gasteiger partial charge < -0.3 is 10.6 Å². The molecule has 2 aliphatic carbocycles. The van der Waals surface area contributed by atoms with Crippen molar-refractivity contribution in [1.29, 1.82) is 0 Å². The van der Waals surface area contributed by atoms with Crippen LogP contribution in [-0.4, -0.2) is 24.0 Å². The number of nitrogens with zero attached hydrogens (tertiary/aromatic N) is 1. The molecule has 2 atom stereocenters. The molecule has 1 aromatic heterocycles. The molecule has 3 aliphatic rings. The topological polar surface area (TPSA) is 54.0 Å². The summed E-state index contributed by atoms with van der Waals surface area (Å²) in [5, 5.41) is 7.34. The van der Waals surface area contributed by atoms with E-state index in [0.717, 1.165) is 56.7 Å². The molecule has 2 N–H and O–H groups in total. The van der Waals surface area contributed by atoms with Gasteiger partial charge in [-0.3, -0.25) is 4.79 Å². The van der Waals surface area contributed by atoms with Gasteiger partial charge in [0, 0.05) is 10.8 Å². The highest BCUT2D eigenvalue weighted by atomic mass is 32.1. The van der Waals surface area contributed by atoms with Crippen LogP contribution >= 0.6 is 11.3 Å². The van der Waals surface area contributed by atoms with Crippen LogP contribution in [0.2, 0.25) is 0 Å². The van der Waals surface area contributed by atoms with Crippen LogP contribution < -0.4 is 10.6 Å². The third-order valence-electron chi connectivity index (χ3n) is 6.55. The van der Waals surface area contributed by atoms with Gasteiger partial charge in [0.2, 0.25) is 5.91 Å². The number of aromatic nitrogens is 1. The first-order valence-electron chi connectivity index (χ1n) is 9.79. The number of nitrogens with one attached hydrogen (secondary N) is 2. The molecule has 1 spiro atoms. The van der Waals surface area contributed by atoms with E-state index in [1.165, 1.54) is 16.1 Å². The van der Waals surface area contributed by atoms with Gasteiger partial charge in [-0.15, -0.1) is 11.3 Å². The van der Waals surface area contributed by atoms with Crippen LogP contribution in [0.3, 0.4) is 0 Å². The van der Waals surface area contributed by atoms with E-state index in [1.807, 2.05) is 0 Å². The minimum Gasteiger partial charge on any atom is -0.317 e. The molecule has 1 aromatic carbocycles. The fourth-order valence-corrected chi connectivity index (χ4v) is 5.92. The Morgan fingerprint density at radius 1 is 1.23 bits per heavy atom. The number of fused-ring (bicyclic) bond motifs is 1. The molecule has 5 rings (SSSR count). The van der Waals surface area contributed by atoms with Gasteiger partial charge >= 0.3 is 0 Å². The van der Waals surface area contributed by atoms with E-state index in [0.29, 0.717) is 5.92 Å². The van der Waals surface area contributed by atoms with Gasteiger partial charge in [0.05, 0.1) is 5.69 Å². The van der Waals surface area contributed by atoms with Gasteiger partial charge in [0.15, 0.2) is 5.13 Å². The molecule has 2 aromatic rings. The number of benzene rings is 1. The van der Waals surface area contributed by atoms with Gasteiger partial charge in [0.1, 0.15) is 0 Å². The molecular formula is C21H25N3OS. The van der Waals surface area contributed by atoms with Crippen molar-refractivity contribution in [3.63, 3.8) is 0 Å². The lowest BCUT2D eigenvalue weighted by atomic mass is 9.85. The first kappa shape index (κ1) is 16.5. The van der Waals surface area contributed by atoms with Crippen molar-refractivity contribution >= 4 is 22.4 Å². The number of thiazole rings is 1. The van der Waals surface area contributed by atoms with Gasteiger partial charge in [-0.25, -0.2) is 4.98 Å². The summed E-state index contributed by atoms with van der Waals surface area (Å²) < 4.78 is 0. The summed E-state index contributed by atoms with van der Waals surface area (Å²) in [5.74, 6) is 0.967. The van der Waals surface area contributed by atoms with E-state index in [1.54, 1.807) is 11.3 Å². The zero-order valence-electron chi connectivity index (χ0n) is 15.0. The Balaban J connectivity index is 1.25. The Morgan fingerprint density at radius 2 is 2.04 bits per heavy atom. The Hall–Kier alpha value is -1.72. The molecule has 4 nitrogen and oxygen atoms in total. The Labute approximate surface area is 158 Å². The van der Waals surface area contributed by atoms with Crippen molar-refractivity contribution < 1.29 is 4.79 Å². The fourth-order valence-electron chi connectivity index (χ4n) is 4.83. The van der Waals surface area contributed by atoms with Crippen molar-refractivity contribution in [3.8, 4) is 0 Å². The monoisotopic (exact) mass is 367 g/mol. The van der Waals surface area contributed by atoms with Crippen LogP contribution in [0.15, 0.2) is 30.3 Å². The lowest BCUT2D eigenvalue weighted by molar-refractivity contribution is -0.118. The highest BCUT2D eigenvalue weighted by Crippen LogP contribution is 2.58. The van der Waals surface area contributed by atoms with E-state index in [4.69, 9.17) is 4.98 Å². The maximum absolute atomic E-state index is 12.7. The van der Waals surface area contributed by atoms with E-state index >= 15 is 0 Å². The first-order valence-corrected chi connectivity index (χ1v) is 10.6. The summed E-state index contributed by atoms with van der Waals surface area (Å²) in [4.78, 5) is 18.8. The standard InChI is InChI=1S/C21H25N3OS/c25-19(16-13-21(16)8-10-22-11-9-21)24-20-23-17-7-6-15(12-18(17)26-20)14-4-2-1-3-5-14/h1-5,15-16,22H,6-13H2,(H,23,24,25). The average molecular weight is 368 g/mol. The van der Waals surface area contributed by atoms with Crippen molar-refractivity contribution in [2.75, 3.05) is 18.4 Å². The van der Waals surface area contributed by atoms with Crippen LogP contribution in [0.4, 0.5) is 5.13 Å². The first-order chi connectivity index (χ1) is 12.7. The molecule has 1 saturated carbocycles. The maximum atomic E-state index is 12.7. The second kappa shape index (κ2) is 6.46. The number of rotatable bonds is 3. The molecule has 0 radical (unpaired) electrons. The van der Waals surface area contributed by atoms with Crippen LogP contribution in [0.5, 0.6) is 0 Å². The van der Waals surface area contributed by atoms with Crippen molar-refractivity contribution in [1.82, 2.24) is 10.3 Å². The van der Waals surface area contributed by atoms with Crippen LogP contribution in [0.25, 0.3) is 0 Å². The number of hydrogen-bond acceptors (Lipinski definition) is 4. The SMILES string of the molecule is O=C(Nc1nc2c(s1)CC(c1ccccc1)CC2)C1CC12CCNCC2. The molecule has 2 fully saturated rings. The van der Waals surface area contributed by atoms with E-state index in [9.17, 15) is 4.79 Å². The third kappa shape index (κ3) is 2.97. The minimum absolute atomic E-state index is 0.192. The number of anilines is 1. The van der Waals surface area contributed by atoms with E-state index < -0.39 is 0 Å². The summed E-state index contributed by atoms with van der Waals surface area (Å²) >= 11 is 1.69. The van der Waals surface area contributed by atoms with Gasteiger partial charge in [-0.1, -0.05) is 30.3 Å². The molecule has 1 aliphatic heterocycles. The van der Waals surface area contributed by atoms with Gasteiger partial charge in [0.25, 0.3) is 0 Å². The van der Waals surface area contributed by atoms with Crippen LogP contribution in [0.1, 0.15) is 47.7 Å². The minimum atomic E-state index is 0.192. The van der Waals surface area contributed by atoms with Crippen LogP contribution in [-0.2, 0) is 17.6 Å². The van der Waals surface area contributed by atoms with Gasteiger partial charge in [-0.05, 0) is 68.5 Å². The molecule has 1 saturated heterocycles. The molecular weight excluding hydrogens is 342 g/mol. The third-order valence-corrected chi connectivity index (χ3v) is 7.58. The molecule has 0 bridgehead atoms. The molecule has 5 heteroatoms. The summed E-state index contributed by atoms with van der Waals surface area (Å²) in [7, 11) is 0. The van der Waals surface area contributed by atoms with Gasteiger partial charge in [-0.2, -0.15) is 0 Å². The summed E-state index contributed by atoms with van der Waals surface area (Å²) in [6.45, 7) is 2.10. The lowest BCUT2D eigenvalue weighted by Gasteiger charge is -2.22. The average Bonchev–Trinajstić information content (AvgIpc) is 3.21. The molecule has 1 amide bonds. The molecule has 26 heavy (non-hydrogen) atoms. The maximum Gasteiger partial charge on any atom is 0.229 e. The smallest absolute Gasteiger partial charge is 0.229 e. The molecule has 136 valence electrons. The normalized spacial score (nSPS) is 26.3. The highest BCUT2D eigenvalue weighted by Gasteiger charge is 2.57. The fraction of sp³-hybridized carbons (Fsp3) is 0.524. The zero-order valence-corrected chi connectivity index (χ0v) is 15.8. The Morgan fingerprint density at radius 3 is 2.85 bits per heavy atom. The summed E-state index contributed by atoms with van der Waals surface area (Å²) in [6, 6.07) is 10.8. The number of amides is 1. The number of carbonyl (C=O) groups excluding carboxylic acids is 1. The number of aryl methyl sites for hydroxylation is 1. The number of piperidine rings is 1. The second-order valence-electron chi connectivity index (χ2n) is 8.10. The van der Waals surface area contributed by atoms with Crippen LogP contribution in [0, 0.1) is 11.3 Å². The van der Waals surface area contributed by atoms with Crippen molar-refractivity contribution in [3.05, 3.63) is 46.5 Å². The highest BCUT2D eigenvalue weighted by molar-refractivity contribution is 7.15. The quantitative estimate of drug-likeness (QED) is 0.869. The predicted octanol–water partition coefficient (Wildman–Crippen LogP) is 3.74. The van der Waals surface area contributed by atoms with E-state index in [2.05, 4.69) is 41.0 Å². The number of hydrogen-bond donors (Lipinski definition) is 2. The second-order valence-corrected chi connectivity index (χ2v) is 9.18. The zero-order chi connectivity index (χ0) is 17.6. The van der Waals surface area contributed by atoms with Crippen molar-refractivity contribution in [2.24, 2.45) is 11.3 Å². The number of carbonyl (C=O) groups is 1. The Kier molecular flexibility index (Phi) is 4.09. The summed E-state index contributed by atoms with van der Waals surface area (Å²) in [6.07, 6.45) is 6.54. The molecule has 2 unspecified atom stereocenters. The largest absolute Gasteiger partial charge is 0.317 e. The lowest BCUT2D eigenvalue weighted by Crippen LogP contribution is -2.31. The van der Waals surface area contributed by atoms with Crippen molar-refractivity contribution in [2.45, 2.75) is 44.4 Å².